The molecule has 6 heteroatoms. The Morgan fingerprint density at radius 1 is 1.15 bits per heavy atom. The van der Waals surface area contributed by atoms with Gasteiger partial charge in [0.15, 0.2) is 5.16 Å². The average Bonchev–Trinajstić information content (AvgIpc) is 2.68. The predicted molar refractivity (Wildman–Crippen MR) is 110 cm³/mol. The van der Waals surface area contributed by atoms with E-state index < -0.39 is 0 Å². The van der Waals surface area contributed by atoms with Gasteiger partial charge in [0.1, 0.15) is 0 Å². The first-order chi connectivity index (χ1) is 13.0. The standard InChI is InChI=1S/C21H21N3O2S/c1-3-18(20(26)22-16-11-9-14(2)10-12-16)27-21-23-17(13-19(25)24-21)15-7-5-4-6-8-15/h4-13,18H,3H2,1-2H3,(H,22,26)(H,23,24,25). The Bertz CT molecular complexity index is 969. The number of aromatic amines is 1. The van der Waals surface area contributed by atoms with E-state index in [4.69, 9.17) is 0 Å². The van der Waals surface area contributed by atoms with Crippen LogP contribution in [0.5, 0.6) is 0 Å². The minimum atomic E-state index is -0.361. The third kappa shape index (κ3) is 5.08. The second-order valence-corrected chi connectivity index (χ2v) is 7.36. The fraction of sp³-hybridized carbons (Fsp3) is 0.190. The van der Waals surface area contributed by atoms with E-state index in [0.29, 0.717) is 17.3 Å². The van der Waals surface area contributed by atoms with E-state index in [2.05, 4.69) is 15.3 Å². The molecular weight excluding hydrogens is 358 g/mol. The predicted octanol–water partition coefficient (Wildman–Crippen LogP) is 4.25. The topological polar surface area (TPSA) is 74.8 Å². The molecule has 1 amide bonds. The van der Waals surface area contributed by atoms with Gasteiger partial charge in [-0.05, 0) is 25.5 Å². The molecule has 5 nitrogen and oxygen atoms in total. The maximum atomic E-state index is 12.6. The molecule has 0 saturated heterocycles. The van der Waals surface area contributed by atoms with Crippen LogP contribution in [0.25, 0.3) is 11.3 Å². The summed E-state index contributed by atoms with van der Waals surface area (Å²) in [5.41, 5.74) is 3.11. The number of amides is 1. The van der Waals surface area contributed by atoms with Gasteiger partial charge in [0.05, 0.1) is 10.9 Å². The fourth-order valence-electron chi connectivity index (χ4n) is 2.56. The van der Waals surface area contributed by atoms with Crippen molar-refractivity contribution in [1.29, 1.82) is 0 Å². The number of aryl methyl sites for hydroxylation is 1. The normalized spacial score (nSPS) is 11.8. The number of H-pyrrole nitrogens is 1. The molecular formula is C21H21N3O2S. The van der Waals surface area contributed by atoms with Crippen LogP contribution >= 0.6 is 11.8 Å². The number of thioether (sulfide) groups is 1. The Morgan fingerprint density at radius 3 is 2.52 bits per heavy atom. The molecule has 0 aliphatic carbocycles. The highest BCUT2D eigenvalue weighted by Gasteiger charge is 2.20. The van der Waals surface area contributed by atoms with Gasteiger partial charge in [-0.3, -0.25) is 9.59 Å². The number of hydrogen-bond donors (Lipinski definition) is 2. The van der Waals surface area contributed by atoms with E-state index in [-0.39, 0.29) is 16.7 Å². The van der Waals surface area contributed by atoms with Crippen LogP contribution in [0.15, 0.2) is 70.6 Å². The van der Waals surface area contributed by atoms with Crippen molar-refractivity contribution in [3.63, 3.8) is 0 Å². The highest BCUT2D eigenvalue weighted by atomic mass is 32.2. The highest BCUT2D eigenvalue weighted by Crippen LogP contribution is 2.25. The Labute approximate surface area is 162 Å². The third-order valence-electron chi connectivity index (χ3n) is 4.03. The first-order valence-electron chi connectivity index (χ1n) is 8.76. The van der Waals surface area contributed by atoms with Crippen molar-refractivity contribution in [3.05, 3.63) is 76.6 Å². The summed E-state index contributed by atoms with van der Waals surface area (Å²) in [4.78, 5) is 31.9. The number of carbonyl (C=O) groups is 1. The summed E-state index contributed by atoms with van der Waals surface area (Å²) in [6, 6.07) is 18.6. The van der Waals surface area contributed by atoms with Crippen LogP contribution in [0.3, 0.4) is 0 Å². The summed E-state index contributed by atoms with van der Waals surface area (Å²) in [6.45, 7) is 3.93. The number of nitrogens with zero attached hydrogens (tertiary/aromatic N) is 1. The molecule has 2 N–H and O–H groups in total. The van der Waals surface area contributed by atoms with Gasteiger partial charge in [0, 0.05) is 17.3 Å². The van der Waals surface area contributed by atoms with Crippen LogP contribution in [-0.2, 0) is 4.79 Å². The maximum Gasteiger partial charge on any atom is 0.252 e. The maximum absolute atomic E-state index is 12.6. The second kappa shape index (κ2) is 8.68. The molecule has 0 saturated carbocycles. The van der Waals surface area contributed by atoms with Gasteiger partial charge in [-0.2, -0.15) is 0 Å². The molecule has 0 aliphatic heterocycles. The molecule has 3 rings (SSSR count). The van der Waals surface area contributed by atoms with Gasteiger partial charge in [-0.1, -0.05) is 66.7 Å². The lowest BCUT2D eigenvalue weighted by atomic mass is 10.1. The summed E-state index contributed by atoms with van der Waals surface area (Å²) in [7, 11) is 0. The molecule has 1 unspecified atom stereocenters. The van der Waals surface area contributed by atoms with Crippen molar-refractivity contribution in [1.82, 2.24) is 9.97 Å². The van der Waals surface area contributed by atoms with Gasteiger partial charge >= 0.3 is 0 Å². The zero-order valence-electron chi connectivity index (χ0n) is 15.2. The molecule has 27 heavy (non-hydrogen) atoms. The van der Waals surface area contributed by atoms with Crippen molar-refractivity contribution in [3.8, 4) is 11.3 Å². The lowest BCUT2D eigenvalue weighted by molar-refractivity contribution is -0.115. The quantitative estimate of drug-likeness (QED) is 0.496. The third-order valence-corrected chi connectivity index (χ3v) is 5.27. The van der Waals surface area contributed by atoms with Crippen molar-refractivity contribution in [2.24, 2.45) is 0 Å². The van der Waals surface area contributed by atoms with Crippen LogP contribution in [0, 0.1) is 6.92 Å². The second-order valence-electron chi connectivity index (χ2n) is 6.17. The van der Waals surface area contributed by atoms with E-state index in [0.717, 1.165) is 16.8 Å². The summed E-state index contributed by atoms with van der Waals surface area (Å²) in [5.74, 6) is -0.112. The number of hydrogen-bond acceptors (Lipinski definition) is 4. The number of nitrogens with one attached hydrogen (secondary N) is 2. The highest BCUT2D eigenvalue weighted by molar-refractivity contribution is 8.00. The van der Waals surface area contributed by atoms with Crippen molar-refractivity contribution in [2.45, 2.75) is 30.7 Å². The first kappa shape index (κ1) is 18.9. The van der Waals surface area contributed by atoms with Crippen LogP contribution in [0.1, 0.15) is 18.9 Å². The first-order valence-corrected chi connectivity index (χ1v) is 9.64. The van der Waals surface area contributed by atoms with E-state index >= 15 is 0 Å². The monoisotopic (exact) mass is 379 g/mol. The molecule has 138 valence electrons. The van der Waals surface area contributed by atoms with Crippen LogP contribution in [0.4, 0.5) is 5.69 Å². The van der Waals surface area contributed by atoms with Crippen LogP contribution in [0.2, 0.25) is 0 Å². The SMILES string of the molecule is CCC(Sc1nc(-c2ccccc2)cc(=O)[nH]1)C(=O)Nc1ccc(C)cc1. The summed E-state index contributed by atoms with van der Waals surface area (Å²) < 4.78 is 0. The Hall–Kier alpha value is -2.86. The van der Waals surface area contributed by atoms with E-state index in [9.17, 15) is 9.59 Å². The smallest absolute Gasteiger partial charge is 0.252 e. The van der Waals surface area contributed by atoms with Crippen LogP contribution < -0.4 is 10.9 Å². The zero-order valence-corrected chi connectivity index (χ0v) is 16.0. The molecule has 2 aromatic carbocycles. The van der Waals surface area contributed by atoms with Gasteiger partial charge < -0.3 is 10.3 Å². The van der Waals surface area contributed by atoms with Crippen LogP contribution in [-0.4, -0.2) is 21.1 Å². The zero-order chi connectivity index (χ0) is 19.2. The van der Waals surface area contributed by atoms with Crippen molar-refractivity contribution in [2.75, 3.05) is 5.32 Å². The van der Waals surface area contributed by atoms with Gasteiger partial charge in [0.2, 0.25) is 5.91 Å². The Balaban J connectivity index is 1.77. The molecule has 0 fully saturated rings. The van der Waals surface area contributed by atoms with Crippen molar-refractivity contribution >= 4 is 23.4 Å². The summed E-state index contributed by atoms with van der Waals surface area (Å²) >= 11 is 1.26. The van der Waals surface area contributed by atoms with Gasteiger partial charge in [0.25, 0.3) is 5.56 Å². The molecule has 1 aromatic heterocycles. The van der Waals surface area contributed by atoms with Gasteiger partial charge in [-0.25, -0.2) is 4.98 Å². The molecule has 3 aromatic rings. The lowest BCUT2D eigenvalue weighted by Crippen LogP contribution is -2.25. The minimum absolute atomic E-state index is 0.112. The summed E-state index contributed by atoms with van der Waals surface area (Å²) in [6.07, 6.45) is 0.613. The van der Waals surface area contributed by atoms with E-state index in [1.807, 2.05) is 68.4 Å². The van der Waals surface area contributed by atoms with Crippen molar-refractivity contribution < 1.29 is 4.79 Å². The number of benzene rings is 2. The van der Waals surface area contributed by atoms with Gasteiger partial charge in [-0.15, -0.1) is 0 Å². The number of rotatable bonds is 6. The molecule has 0 radical (unpaired) electrons. The Morgan fingerprint density at radius 2 is 1.85 bits per heavy atom. The molecule has 0 spiro atoms. The average molecular weight is 379 g/mol. The largest absolute Gasteiger partial charge is 0.325 e. The molecule has 0 bridgehead atoms. The minimum Gasteiger partial charge on any atom is -0.325 e. The molecule has 1 heterocycles. The summed E-state index contributed by atoms with van der Waals surface area (Å²) in [5, 5.41) is 3.00. The molecule has 0 aliphatic rings. The Kier molecular flexibility index (Phi) is 6.08. The van der Waals surface area contributed by atoms with E-state index in [1.165, 1.54) is 17.8 Å². The number of carbonyl (C=O) groups excluding carboxylic acids is 1. The molecule has 1 atom stereocenters. The van der Waals surface area contributed by atoms with E-state index in [1.54, 1.807) is 0 Å². The lowest BCUT2D eigenvalue weighted by Gasteiger charge is -2.14. The number of aromatic nitrogens is 2. The number of anilines is 1. The fourth-order valence-corrected chi connectivity index (χ4v) is 3.48.